The van der Waals surface area contributed by atoms with Crippen molar-refractivity contribution in [2.45, 2.75) is 57.6 Å². The fourth-order valence-electron chi connectivity index (χ4n) is 3.40. The molecule has 1 aliphatic carbocycles. The molecule has 3 N–H and O–H groups in total. The average molecular weight is 429 g/mol. The number of anilines is 1. The molecule has 5 heteroatoms. The van der Waals surface area contributed by atoms with Crippen LogP contribution in [0.25, 0.3) is 0 Å². The molecule has 2 aliphatic rings. The number of benzene rings is 1. The molecule has 23 heavy (non-hydrogen) atoms. The molecule has 4 unspecified atom stereocenters. The van der Waals surface area contributed by atoms with Crippen LogP contribution in [0.15, 0.2) is 29.3 Å². The summed E-state index contributed by atoms with van der Waals surface area (Å²) in [5.41, 5.74) is 8.43. The molecule has 4 nitrogen and oxygen atoms in total. The lowest BCUT2D eigenvalue weighted by Gasteiger charge is -2.45. The van der Waals surface area contributed by atoms with Crippen molar-refractivity contribution < 1.29 is 4.74 Å². The van der Waals surface area contributed by atoms with Gasteiger partial charge in [0.15, 0.2) is 5.96 Å². The number of hydrogen-bond acceptors (Lipinski definition) is 2. The number of aliphatic imine (C=N–C) groups is 1. The highest BCUT2D eigenvalue weighted by Gasteiger charge is 2.43. The summed E-state index contributed by atoms with van der Waals surface area (Å²) in [4.78, 5) is 4.64. The Kier molecular flexibility index (Phi) is 6.71. The molecule has 1 heterocycles. The minimum atomic E-state index is 0. The third kappa shape index (κ3) is 4.38. The monoisotopic (exact) mass is 429 g/mol. The molecule has 0 amide bonds. The Morgan fingerprint density at radius 3 is 2.78 bits per heavy atom. The van der Waals surface area contributed by atoms with Gasteiger partial charge in [-0.15, -0.1) is 24.0 Å². The number of rotatable bonds is 4. The van der Waals surface area contributed by atoms with Crippen LogP contribution in [0, 0.1) is 5.92 Å². The van der Waals surface area contributed by atoms with Crippen LogP contribution >= 0.6 is 24.0 Å². The number of guanidine groups is 1. The van der Waals surface area contributed by atoms with E-state index < -0.39 is 0 Å². The lowest BCUT2D eigenvalue weighted by molar-refractivity contribution is -0.0937. The van der Waals surface area contributed by atoms with E-state index in [4.69, 9.17) is 10.5 Å². The summed E-state index contributed by atoms with van der Waals surface area (Å²) in [7, 11) is 0. The predicted molar refractivity (Wildman–Crippen MR) is 107 cm³/mol. The van der Waals surface area contributed by atoms with Crippen molar-refractivity contribution >= 4 is 35.6 Å². The van der Waals surface area contributed by atoms with Gasteiger partial charge >= 0.3 is 0 Å². The highest BCUT2D eigenvalue weighted by Crippen LogP contribution is 2.39. The Morgan fingerprint density at radius 2 is 2.13 bits per heavy atom. The van der Waals surface area contributed by atoms with E-state index in [0.29, 0.717) is 29.9 Å². The summed E-state index contributed by atoms with van der Waals surface area (Å²) < 4.78 is 5.72. The molecule has 1 aromatic carbocycles. The van der Waals surface area contributed by atoms with Crippen LogP contribution in [0.5, 0.6) is 0 Å². The van der Waals surface area contributed by atoms with E-state index in [2.05, 4.69) is 48.4 Å². The van der Waals surface area contributed by atoms with Crippen molar-refractivity contribution in [3.05, 3.63) is 29.8 Å². The van der Waals surface area contributed by atoms with Gasteiger partial charge in [0.05, 0.1) is 12.1 Å². The van der Waals surface area contributed by atoms with Crippen LogP contribution in [-0.4, -0.2) is 24.7 Å². The number of nitrogens with two attached hydrogens (primary N) is 1. The topological polar surface area (TPSA) is 59.6 Å². The van der Waals surface area contributed by atoms with E-state index in [9.17, 15) is 0 Å². The lowest BCUT2D eigenvalue weighted by atomic mass is 9.73. The van der Waals surface area contributed by atoms with Gasteiger partial charge in [-0.1, -0.05) is 26.0 Å². The average Bonchev–Trinajstić information content (AvgIpc) is 2.52. The second kappa shape index (κ2) is 8.33. The highest BCUT2D eigenvalue weighted by molar-refractivity contribution is 14.0. The molecular formula is C18H28IN3O. The van der Waals surface area contributed by atoms with Crippen molar-refractivity contribution in [3.63, 3.8) is 0 Å². The molecule has 2 fully saturated rings. The van der Waals surface area contributed by atoms with E-state index in [1.165, 1.54) is 12.0 Å². The van der Waals surface area contributed by atoms with Crippen LogP contribution < -0.4 is 11.1 Å². The Morgan fingerprint density at radius 1 is 1.39 bits per heavy atom. The normalized spacial score (nSPS) is 28.1. The molecule has 1 saturated carbocycles. The smallest absolute Gasteiger partial charge is 0.193 e. The number of halogens is 1. The van der Waals surface area contributed by atoms with Crippen molar-refractivity contribution in [3.8, 4) is 0 Å². The Bertz CT molecular complexity index is 532. The summed E-state index contributed by atoms with van der Waals surface area (Å²) in [6.45, 7) is 5.37. The zero-order valence-corrected chi connectivity index (χ0v) is 16.3. The number of fused-ring (bicyclic) bond motifs is 1. The molecule has 0 spiro atoms. The standard InChI is InChI=1S/C18H27N3O.HI/c1-3-12(2)13-6-8-14(9-7-13)20-18(19)21-16-11-17-15(16)5-4-10-22-17;/h6-9,12,15-17H,3-5,10-11H2,1-2H3,(H3,19,20,21);1H. The first kappa shape index (κ1) is 18.5. The van der Waals surface area contributed by atoms with E-state index in [1.807, 2.05) is 0 Å². The Hall–Kier alpha value is -0.820. The molecule has 0 aromatic heterocycles. The van der Waals surface area contributed by atoms with Crippen molar-refractivity contribution in [2.24, 2.45) is 16.6 Å². The summed E-state index contributed by atoms with van der Waals surface area (Å²) in [6.07, 6.45) is 4.96. The zero-order chi connectivity index (χ0) is 15.5. The highest BCUT2D eigenvalue weighted by atomic mass is 127. The van der Waals surface area contributed by atoms with Crippen molar-refractivity contribution in [1.82, 2.24) is 0 Å². The summed E-state index contributed by atoms with van der Waals surface area (Å²) in [5.74, 6) is 1.69. The maximum absolute atomic E-state index is 6.06. The van der Waals surface area contributed by atoms with Crippen LogP contribution in [-0.2, 0) is 4.74 Å². The van der Waals surface area contributed by atoms with Crippen LogP contribution in [0.3, 0.4) is 0 Å². The first-order valence-corrected chi connectivity index (χ1v) is 8.49. The molecule has 1 aliphatic heterocycles. The second-order valence-corrected chi connectivity index (χ2v) is 6.59. The van der Waals surface area contributed by atoms with Crippen LogP contribution in [0.4, 0.5) is 5.69 Å². The molecule has 0 radical (unpaired) electrons. The Labute approximate surface area is 156 Å². The maximum Gasteiger partial charge on any atom is 0.193 e. The predicted octanol–water partition coefficient (Wildman–Crippen LogP) is 4.11. The van der Waals surface area contributed by atoms with Gasteiger partial charge in [0, 0.05) is 18.2 Å². The number of hydrogen-bond donors (Lipinski definition) is 2. The first-order valence-electron chi connectivity index (χ1n) is 8.49. The number of ether oxygens (including phenoxy) is 1. The van der Waals surface area contributed by atoms with E-state index in [0.717, 1.165) is 31.6 Å². The molecule has 1 aromatic rings. The Balaban J connectivity index is 0.00000192. The van der Waals surface area contributed by atoms with E-state index in [-0.39, 0.29) is 24.0 Å². The van der Waals surface area contributed by atoms with Crippen molar-refractivity contribution in [2.75, 3.05) is 11.9 Å². The first-order chi connectivity index (χ1) is 10.7. The maximum atomic E-state index is 6.06. The van der Waals surface area contributed by atoms with Gasteiger partial charge in [-0.05, 0) is 49.3 Å². The lowest BCUT2D eigenvalue weighted by Crippen LogP contribution is -2.49. The fourth-order valence-corrected chi connectivity index (χ4v) is 3.40. The van der Waals surface area contributed by atoms with Gasteiger partial charge in [-0.3, -0.25) is 0 Å². The largest absolute Gasteiger partial charge is 0.378 e. The molecular weight excluding hydrogens is 401 g/mol. The summed E-state index contributed by atoms with van der Waals surface area (Å²) in [5, 5.41) is 3.21. The van der Waals surface area contributed by atoms with Gasteiger partial charge in [-0.2, -0.15) is 0 Å². The summed E-state index contributed by atoms with van der Waals surface area (Å²) in [6, 6.07) is 8.82. The second-order valence-electron chi connectivity index (χ2n) is 6.59. The zero-order valence-electron chi connectivity index (χ0n) is 14.0. The SMILES string of the molecule is CCC(C)c1ccc(NC(N)=NC2CC3OCCCC23)cc1.I. The number of nitrogens with zero attached hydrogens (tertiary/aromatic N) is 1. The fraction of sp³-hybridized carbons (Fsp3) is 0.611. The van der Waals surface area contributed by atoms with Gasteiger partial charge in [-0.25, -0.2) is 4.99 Å². The third-order valence-electron chi connectivity index (χ3n) is 5.13. The quantitative estimate of drug-likeness (QED) is 0.430. The molecule has 1 saturated heterocycles. The van der Waals surface area contributed by atoms with Gasteiger partial charge in [0.1, 0.15) is 0 Å². The summed E-state index contributed by atoms with van der Waals surface area (Å²) >= 11 is 0. The van der Waals surface area contributed by atoms with E-state index in [1.54, 1.807) is 0 Å². The van der Waals surface area contributed by atoms with Crippen LogP contribution in [0.1, 0.15) is 51.0 Å². The molecule has 4 atom stereocenters. The molecule has 128 valence electrons. The van der Waals surface area contributed by atoms with Gasteiger partial charge in [0.25, 0.3) is 0 Å². The minimum Gasteiger partial charge on any atom is -0.378 e. The van der Waals surface area contributed by atoms with E-state index >= 15 is 0 Å². The van der Waals surface area contributed by atoms with Crippen LogP contribution in [0.2, 0.25) is 0 Å². The molecule has 3 rings (SSSR count). The third-order valence-corrected chi connectivity index (χ3v) is 5.13. The minimum absolute atomic E-state index is 0. The van der Waals surface area contributed by atoms with Gasteiger partial charge in [0.2, 0.25) is 0 Å². The molecule has 0 bridgehead atoms. The van der Waals surface area contributed by atoms with Crippen molar-refractivity contribution in [1.29, 1.82) is 0 Å². The number of nitrogens with one attached hydrogen (secondary N) is 1. The van der Waals surface area contributed by atoms with Gasteiger partial charge < -0.3 is 15.8 Å².